The first-order valence-electron chi connectivity index (χ1n) is 11.1. The van der Waals surface area contributed by atoms with E-state index < -0.39 is 0 Å². The Kier molecular flexibility index (Phi) is 5.87. The Morgan fingerprint density at radius 3 is 2.29 bits per heavy atom. The average molecular weight is 451 g/mol. The fraction of sp³-hybridized carbons (Fsp3) is 0.107. The molecule has 0 unspecified atom stereocenters. The lowest BCUT2D eigenvalue weighted by Crippen LogP contribution is -2.33. The molecule has 0 bridgehead atoms. The zero-order chi connectivity index (χ0) is 23.5. The molecule has 34 heavy (non-hydrogen) atoms. The molecule has 6 heteroatoms. The topological polar surface area (TPSA) is 51.0 Å². The standard InChI is InChI=1S/C28H23FN4O/c1-20-27-25(22-12-14-23(29)15-13-22)16-17-30-28(27)33(31-20)19-26(34)32(24-10-6-3-7-11-24)18-21-8-4-2-5-9-21/h2-17H,18-19H2,1H3. The molecule has 0 aliphatic rings. The van der Waals surface area contributed by atoms with Gasteiger partial charge in [-0.05, 0) is 53.9 Å². The minimum atomic E-state index is -0.286. The number of nitrogens with zero attached hydrogens (tertiary/aromatic N) is 4. The summed E-state index contributed by atoms with van der Waals surface area (Å²) in [5.74, 6) is -0.375. The van der Waals surface area contributed by atoms with E-state index in [-0.39, 0.29) is 18.3 Å². The van der Waals surface area contributed by atoms with Gasteiger partial charge in [0.15, 0.2) is 5.65 Å². The molecule has 5 nitrogen and oxygen atoms in total. The van der Waals surface area contributed by atoms with E-state index >= 15 is 0 Å². The third kappa shape index (κ3) is 4.30. The number of pyridine rings is 1. The predicted molar refractivity (Wildman–Crippen MR) is 132 cm³/mol. The minimum Gasteiger partial charge on any atom is -0.306 e. The summed E-state index contributed by atoms with van der Waals surface area (Å²) in [6, 6.07) is 27.8. The molecule has 0 fully saturated rings. The zero-order valence-corrected chi connectivity index (χ0v) is 18.7. The summed E-state index contributed by atoms with van der Waals surface area (Å²) in [6.07, 6.45) is 1.70. The molecule has 0 saturated carbocycles. The van der Waals surface area contributed by atoms with Crippen molar-refractivity contribution in [1.29, 1.82) is 0 Å². The van der Waals surface area contributed by atoms with E-state index in [0.717, 1.165) is 33.5 Å². The van der Waals surface area contributed by atoms with Crippen molar-refractivity contribution >= 4 is 22.6 Å². The Morgan fingerprint density at radius 1 is 0.912 bits per heavy atom. The maximum atomic E-state index is 13.6. The van der Waals surface area contributed by atoms with Crippen molar-refractivity contribution in [2.75, 3.05) is 4.90 Å². The van der Waals surface area contributed by atoms with Gasteiger partial charge >= 0.3 is 0 Å². The number of para-hydroxylation sites is 1. The highest BCUT2D eigenvalue weighted by molar-refractivity contribution is 5.97. The van der Waals surface area contributed by atoms with Crippen LogP contribution in [-0.2, 0) is 17.9 Å². The number of halogens is 1. The lowest BCUT2D eigenvalue weighted by Gasteiger charge is -2.23. The lowest BCUT2D eigenvalue weighted by molar-refractivity contribution is -0.119. The van der Waals surface area contributed by atoms with Gasteiger partial charge in [0.05, 0.1) is 12.2 Å². The van der Waals surface area contributed by atoms with Crippen LogP contribution in [0.3, 0.4) is 0 Å². The normalized spacial score (nSPS) is 11.0. The molecule has 0 N–H and O–H groups in total. The van der Waals surface area contributed by atoms with Crippen molar-refractivity contribution in [3.63, 3.8) is 0 Å². The molecule has 3 aromatic carbocycles. The summed E-state index contributed by atoms with van der Waals surface area (Å²) in [5, 5.41) is 5.51. The molecule has 0 aliphatic carbocycles. The van der Waals surface area contributed by atoms with Crippen LogP contribution < -0.4 is 4.90 Å². The first-order valence-corrected chi connectivity index (χ1v) is 11.1. The summed E-state index contributed by atoms with van der Waals surface area (Å²) < 4.78 is 15.1. The number of anilines is 1. The number of fused-ring (bicyclic) bond motifs is 1. The van der Waals surface area contributed by atoms with Crippen LogP contribution in [0.25, 0.3) is 22.2 Å². The molecule has 0 saturated heterocycles. The van der Waals surface area contributed by atoms with Crippen molar-refractivity contribution in [3.8, 4) is 11.1 Å². The SMILES string of the molecule is Cc1nn(CC(=O)N(Cc2ccccc2)c2ccccc2)c2nccc(-c3ccc(F)cc3)c12. The highest BCUT2D eigenvalue weighted by Gasteiger charge is 2.20. The van der Waals surface area contributed by atoms with E-state index in [2.05, 4.69) is 10.1 Å². The highest BCUT2D eigenvalue weighted by Crippen LogP contribution is 2.30. The molecule has 2 heterocycles. The van der Waals surface area contributed by atoms with Crippen LogP contribution in [0.15, 0.2) is 97.2 Å². The number of benzene rings is 3. The van der Waals surface area contributed by atoms with Crippen molar-refractivity contribution in [1.82, 2.24) is 14.8 Å². The Bertz CT molecular complexity index is 1430. The van der Waals surface area contributed by atoms with Gasteiger partial charge < -0.3 is 4.90 Å². The van der Waals surface area contributed by atoms with Gasteiger partial charge in [0.2, 0.25) is 5.91 Å². The molecular formula is C28H23FN4O. The third-order valence-electron chi connectivity index (χ3n) is 5.80. The highest BCUT2D eigenvalue weighted by atomic mass is 19.1. The van der Waals surface area contributed by atoms with Crippen LogP contribution in [-0.4, -0.2) is 20.7 Å². The average Bonchev–Trinajstić information content (AvgIpc) is 3.19. The summed E-state index contributed by atoms with van der Waals surface area (Å²) in [5.41, 5.74) is 5.04. The van der Waals surface area contributed by atoms with Crippen LogP contribution >= 0.6 is 0 Å². The molecule has 0 radical (unpaired) electrons. The van der Waals surface area contributed by atoms with E-state index in [4.69, 9.17) is 0 Å². The van der Waals surface area contributed by atoms with Crippen LogP contribution in [0.5, 0.6) is 0 Å². The maximum Gasteiger partial charge on any atom is 0.249 e. The summed E-state index contributed by atoms with van der Waals surface area (Å²) >= 11 is 0. The Labute approximate surface area is 197 Å². The van der Waals surface area contributed by atoms with Crippen LogP contribution in [0.2, 0.25) is 0 Å². The Morgan fingerprint density at radius 2 is 1.59 bits per heavy atom. The number of rotatable bonds is 6. The molecule has 0 atom stereocenters. The fourth-order valence-electron chi connectivity index (χ4n) is 4.17. The molecule has 5 rings (SSSR count). The van der Waals surface area contributed by atoms with E-state index in [1.54, 1.807) is 27.9 Å². The number of aryl methyl sites for hydroxylation is 1. The number of hydrogen-bond donors (Lipinski definition) is 0. The van der Waals surface area contributed by atoms with Gasteiger partial charge in [0.1, 0.15) is 12.4 Å². The van der Waals surface area contributed by atoms with Gasteiger partial charge in [0.25, 0.3) is 0 Å². The van der Waals surface area contributed by atoms with E-state index in [0.29, 0.717) is 12.2 Å². The number of carbonyl (C=O) groups is 1. The van der Waals surface area contributed by atoms with Crippen molar-refractivity contribution in [2.45, 2.75) is 20.0 Å². The molecule has 0 aliphatic heterocycles. The van der Waals surface area contributed by atoms with Gasteiger partial charge in [0, 0.05) is 17.3 Å². The molecule has 168 valence electrons. The second kappa shape index (κ2) is 9.27. The smallest absolute Gasteiger partial charge is 0.249 e. The van der Waals surface area contributed by atoms with Crippen molar-refractivity contribution < 1.29 is 9.18 Å². The number of hydrogen-bond acceptors (Lipinski definition) is 3. The van der Waals surface area contributed by atoms with Crippen LogP contribution in [0.4, 0.5) is 10.1 Å². The molecule has 1 amide bonds. The number of amides is 1. The fourth-order valence-corrected chi connectivity index (χ4v) is 4.17. The first-order chi connectivity index (χ1) is 16.6. The van der Waals surface area contributed by atoms with Gasteiger partial charge in [-0.25, -0.2) is 14.1 Å². The molecule has 5 aromatic rings. The van der Waals surface area contributed by atoms with Gasteiger partial charge in [-0.15, -0.1) is 0 Å². The number of aromatic nitrogens is 3. The molecule has 0 spiro atoms. The van der Waals surface area contributed by atoms with E-state index in [1.165, 1.54) is 12.1 Å². The maximum absolute atomic E-state index is 13.6. The Balaban J connectivity index is 1.50. The quantitative estimate of drug-likeness (QED) is 0.330. The predicted octanol–water partition coefficient (Wildman–Crippen LogP) is 5.78. The van der Waals surface area contributed by atoms with Gasteiger partial charge in [-0.1, -0.05) is 60.7 Å². The zero-order valence-electron chi connectivity index (χ0n) is 18.7. The number of carbonyl (C=O) groups excluding carboxylic acids is 1. The summed E-state index contributed by atoms with van der Waals surface area (Å²) in [4.78, 5) is 19.9. The Hall–Kier alpha value is -4.32. The van der Waals surface area contributed by atoms with Gasteiger partial charge in [-0.3, -0.25) is 4.79 Å². The van der Waals surface area contributed by atoms with Crippen LogP contribution in [0, 0.1) is 12.7 Å². The minimum absolute atomic E-state index is 0.0476. The molecule has 2 aromatic heterocycles. The molecular weight excluding hydrogens is 427 g/mol. The van der Waals surface area contributed by atoms with E-state index in [1.807, 2.05) is 73.7 Å². The van der Waals surface area contributed by atoms with Crippen LogP contribution in [0.1, 0.15) is 11.3 Å². The third-order valence-corrected chi connectivity index (χ3v) is 5.80. The van der Waals surface area contributed by atoms with Crippen molar-refractivity contribution in [3.05, 3.63) is 114 Å². The largest absolute Gasteiger partial charge is 0.306 e. The monoisotopic (exact) mass is 450 g/mol. The first kappa shape index (κ1) is 21.5. The van der Waals surface area contributed by atoms with Crippen molar-refractivity contribution in [2.24, 2.45) is 0 Å². The second-order valence-electron chi connectivity index (χ2n) is 8.11. The second-order valence-corrected chi connectivity index (χ2v) is 8.11. The summed E-state index contributed by atoms with van der Waals surface area (Å²) in [7, 11) is 0. The van der Waals surface area contributed by atoms with Gasteiger partial charge in [-0.2, -0.15) is 5.10 Å². The lowest BCUT2D eigenvalue weighted by atomic mass is 10.0. The van der Waals surface area contributed by atoms with E-state index in [9.17, 15) is 9.18 Å². The summed E-state index contributed by atoms with van der Waals surface area (Å²) in [6.45, 7) is 2.40.